The van der Waals surface area contributed by atoms with Gasteiger partial charge in [0, 0.05) is 11.6 Å². The van der Waals surface area contributed by atoms with E-state index in [0.717, 1.165) is 24.1 Å². The van der Waals surface area contributed by atoms with Gasteiger partial charge >= 0.3 is 0 Å². The highest BCUT2D eigenvalue weighted by Gasteiger charge is 2.09. The maximum Gasteiger partial charge on any atom is 0.0670 e. The van der Waals surface area contributed by atoms with Crippen LogP contribution in [0.4, 0.5) is 0 Å². The van der Waals surface area contributed by atoms with Crippen LogP contribution in [-0.4, -0.2) is 6.54 Å². The number of rotatable bonds is 5. The Hall–Kier alpha value is -1.02. The van der Waals surface area contributed by atoms with Crippen LogP contribution in [0.1, 0.15) is 31.9 Å². The summed E-state index contributed by atoms with van der Waals surface area (Å²) in [6.45, 7) is 5.36. The molecule has 1 unspecified atom stereocenters. The van der Waals surface area contributed by atoms with Crippen LogP contribution in [0.5, 0.6) is 0 Å². The Bertz CT molecular complexity index is 581. The largest absolute Gasteiger partial charge is 0.310 e. The van der Waals surface area contributed by atoms with Crippen molar-refractivity contribution in [3.8, 4) is 11.1 Å². The zero-order valence-corrected chi connectivity index (χ0v) is 13.3. The zero-order chi connectivity index (χ0) is 14.5. The van der Waals surface area contributed by atoms with Crippen LogP contribution in [0.15, 0.2) is 42.5 Å². The molecule has 2 aromatic carbocycles. The van der Waals surface area contributed by atoms with Crippen LogP contribution in [-0.2, 0) is 0 Å². The van der Waals surface area contributed by atoms with E-state index in [1.807, 2.05) is 18.2 Å². The van der Waals surface area contributed by atoms with Crippen LogP contribution in [0.2, 0.25) is 10.0 Å². The summed E-state index contributed by atoms with van der Waals surface area (Å²) in [5.74, 6) is 0. The van der Waals surface area contributed by atoms with Crippen molar-refractivity contribution in [1.82, 2.24) is 5.32 Å². The highest BCUT2D eigenvalue weighted by atomic mass is 35.5. The average molecular weight is 308 g/mol. The third kappa shape index (κ3) is 3.54. The summed E-state index contributed by atoms with van der Waals surface area (Å²) >= 11 is 12.4. The fourth-order valence-electron chi connectivity index (χ4n) is 2.18. The molecule has 2 aromatic rings. The molecule has 0 radical (unpaired) electrons. The Kier molecular flexibility index (Phi) is 5.47. The van der Waals surface area contributed by atoms with Gasteiger partial charge < -0.3 is 5.32 Å². The first-order chi connectivity index (χ1) is 9.63. The van der Waals surface area contributed by atoms with Crippen molar-refractivity contribution in [2.75, 3.05) is 6.54 Å². The molecule has 3 heteroatoms. The molecule has 0 fully saturated rings. The Morgan fingerprint density at radius 2 is 1.85 bits per heavy atom. The minimum Gasteiger partial charge on any atom is -0.310 e. The maximum absolute atomic E-state index is 6.30. The SMILES string of the molecule is CCCNC(C)c1cccc(-c2cccc(Cl)c2Cl)c1. The summed E-state index contributed by atoms with van der Waals surface area (Å²) in [4.78, 5) is 0. The van der Waals surface area contributed by atoms with Crippen molar-refractivity contribution < 1.29 is 0 Å². The minimum atomic E-state index is 0.327. The summed E-state index contributed by atoms with van der Waals surface area (Å²) in [5, 5.41) is 4.70. The zero-order valence-electron chi connectivity index (χ0n) is 11.8. The smallest absolute Gasteiger partial charge is 0.0670 e. The van der Waals surface area contributed by atoms with E-state index in [4.69, 9.17) is 23.2 Å². The van der Waals surface area contributed by atoms with Gasteiger partial charge in [0.15, 0.2) is 0 Å². The van der Waals surface area contributed by atoms with Gasteiger partial charge in [0.25, 0.3) is 0 Å². The third-order valence-electron chi connectivity index (χ3n) is 3.35. The molecule has 0 heterocycles. The number of benzene rings is 2. The van der Waals surface area contributed by atoms with Crippen LogP contribution in [0.25, 0.3) is 11.1 Å². The van der Waals surface area contributed by atoms with E-state index >= 15 is 0 Å². The van der Waals surface area contributed by atoms with E-state index in [1.165, 1.54) is 5.56 Å². The lowest BCUT2D eigenvalue weighted by Gasteiger charge is -2.15. The molecule has 0 aromatic heterocycles. The molecule has 0 aliphatic carbocycles. The van der Waals surface area contributed by atoms with Crippen LogP contribution < -0.4 is 5.32 Å². The number of hydrogen-bond donors (Lipinski definition) is 1. The monoisotopic (exact) mass is 307 g/mol. The molecule has 106 valence electrons. The van der Waals surface area contributed by atoms with Gasteiger partial charge in [-0.15, -0.1) is 0 Å². The number of hydrogen-bond acceptors (Lipinski definition) is 1. The first-order valence-electron chi connectivity index (χ1n) is 6.91. The second kappa shape index (κ2) is 7.12. The second-order valence-corrected chi connectivity index (χ2v) is 5.69. The average Bonchev–Trinajstić information content (AvgIpc) is 2.47. The van der Waals surface area contributed by atoms with Crippen molar-refractivity contribution in [3.63, 3.8) is 0 Å². The van der Waals surface area contributed by atoms with Gasteiger partial charge in [0.1, 0.15) is 0 Å². The number of nitrogens with one attached hydrogen (secondary N) is 1. The van der Waals surface area contributed by atoms with Crippen LogP contribution in [0, 0.1) is 0 Å². The van der Waals surface area contributed by atoms with Gasteiger partial charge in [-0.3, -0.25) is 0 Å². The summed E-state index contributed by atoms with van der Waals surface area (Å²) < 4.78 is 0. The highest BCUT2D eigenvalue weighted by Crippen LogP contribution is 2.34. The van der Waals surface area contributed by atoms with E-state index in [-0.39, 0.29) is 0 Å². The first-order valence-corrected chi connectivity index (χ1v) is 7.66. The standard InChI is InChI=1S/C17H19Cl2N/c1-3-10-20-12(2)13-6-4-7-14(11-13)15-8-5-9-16(18)17(15)19/h4-9,11-12,20H,3,10H2,1-2H3. The Labute approximate surface area is 130 Å². The highest BCUT2D eigenvalue weighted by molar-refractivity contribution is 6.43. The van der Waals surface area contributed by atoms with Gasteiger partial charge in [-0.25, -0.2) is 0 Å². The van der Waals surface area contributed by atoms with E-state index in [1.54, 1.807) is 0 Å². The molecule has 1 atom stereocenters. The summed E-state index contributed by atoms with van der Waals surface area (Å²) in [6, 6.07) is 14.5. The van der Waals surface area contributed by atoms with Crippen molar-refractivity contribution in [3.05, 3.63) is 58.1 Å². The number of halogens is 2. The molecule has 20 heavy (non-hydrogen) atoms. The fraction of sp³-hybridized carbons (Fsp3) is 0.294. The summed E-state index contributed by atoms with van der Waals surface area (Å²) in [5.41, 5.74) is 3.33. The normalized spacial score (nSPS) is 12.4. The molecular weight excluding hydrogens is 289 g/mol. The van der Waals surface area contributed by atoms with Gasteiger partial charge in [-0.05, 0) is 43.1 Å². The Morgan fingerprint density at radius 3 is 2.60 bits per heavy atom. The van der Waals surface area contributed by atoms with Crippen molar-refractivity contribution in [2.45, 2.75) is 26.3 Å². The van der Waals surface area contributed by atoms with Crippen molar-refractivity contribution in [1.29, 1.82) is 0 Å². The molecule has 1 N–H and O–H groups in total. The van der Waals surface area contributed by atoms with E-state index in [2.05, 4.69) is 43.4 Å². The molecule has 0 saturated carbocycles. The van der Waals surface area contributed by atoms with Gasteiger partial charge in [-0.2, -0.15) is 0 Å². The van der Waals surface area contributed by atoms with E-state index < -0.39 is 0 Å². The lowest BCUT2D eigenvalue weighted by molar-refractivity contribution is 0.571. The van der Waals surface area contributed by atoms with Crippen LogP contribution in [0.3, 0.4) is 0 Å². The van der Waals surface area contributed by atoms with Crippen LogP contribution >= 0.6 is 23.2 Å². The molecule has 0 saturated heterocycles. The van der Waals surface area contributed by atoms with E-state index in [0.29, 0.717) is 16.1 Å². The quantitative estimate of drug-likeness (QED) is 0.744. The molecule has 0 bridgehead atoms. The maximum atomic E-state index is 6.30. The molecule has 0 aliphatic rings. The molecule has 1 nitrogen and oxygen atoms in total. The molecular formula is C17H19Cl2N. The Morgan fingerprint density at radius 1 is 1.10 bits per heavy atom. The lowest BCUT2D eigenvalue weighted by Crippen LogP contribution is -2.19. The third-order valence-corrected chi connectivity index (χ3v) is 4.17. The minimum absolute atomic E-state index is 0.327. The van der Waals surface area contributed by atoms with Crippen molar-refractivity contribution in [2.24, 2.45) is 0 Å². The van der Waals surface area contributed by atoms with Gasteiger partial charge in [0.05, 0.1) is 10.0 Å². The predicted octanol–water partition coefficient (Wildman–Crippen LogP) is 5.72. The first kappa shape index (κ1) is 15.4. The van der Waals surface area contributed by atoms with Gasteiger partial charge in [-0.1, -0.05) is 60.5 Å². The Balaban J connectivity index is 2.32. The molecule has 0 spiro atoms. The summed E-state index contributed by atoms with van der Waals surface area (Å²) in [7, 11) is 0. The second-order valence-electron chi connectivity index (χ2n) is 4.90. The van der Waals surface area contributed by atoms with Gasteiger partial charge in [0.2, 0.25) is 0 Å². The molecule has 0 aliphatic heterocycles. The fourth-order valence-corrected chi connectivity index (χ4v) is 2.59. The predicted molar refractivity (Wildman–Crippen MR) is 88.6 cm³/mol. The van der Waals surface area contributed by atoms with E-state index in [9.17, 15) is 0 Å². The molecule has 2 rings (SSSR count). The topological polar surface area (TPSA) is 12.0 Å². The van der Waals surface area contributed by atoms with Crippen molar-refractivity contribution >= 4 is 23.2 Å². The molecule has 0 amide bonds. The lowest BCUT2D eigenvalue weighted by atomic mass is 10.00. The summed E-state index contributed by atoms with van der Waals surface area (Å²) in [6.07, 6.45) is 1.13.